The summed E-state index contributed by atoms with van der Waals surface area (Å²) in [6, 6.07) is 5.86. The van der Waals surface area contributed by atoms with E-state index >= 15 is 0 Å². The van der Waals surface area contributed by atoms with Gasteiger partial charge in [-0.15, -0.1) is 34.2 Å². The summed E-state index contributed by atoms with van der Waals surface area (Å²) in [6.07, 6.45) is 4.48. The van der Waals surface area contributed by atoms with Gasteiger partial charge in [-0.05, 0) is 12.1 Å². The molecule has 0 saturated heterocycles. The Kier molecular flexibility index (Phi) is 7.17. The van der Waals surface area contributed by atoms with Gasteiger partial charge in [-0.2, -0.15) is 0 Å². The fourth-order valence-electron chi connectivity index (χ4n) is 2.47. The lowest BCUT2D eigenvalue weighted by Crippen LogP contribution is -2.38. The highest BCUT2D eigenvalue weighted by atomic mass is 127. The van der Waals surface area contributed by atoms with Crippen LogP contribution < -0.4 is 10.6 Å². The van der Waals surface area contributed by atoms with E-state index in [1.165, 1.54) is 0 Å². The van der Waals surface area contributed by atoms with Crippen molar-refractivity contribution in [2.45, 2.75) is 39.2 Å². The fourth-order valence-corrected chi connectivity index (χ4v) is 2.47. The molecule has 0 aromatic carbocycles. The van der Waals surface area contributed by atoms with Gasteiger partial charge in [0.25, 0.3) is 0 Å². The average molecular weight is 483 g/mol. The molecule has 0 atom stereocenters. The molecule has 2 N–H and O–H groups in total. The van der Waals surface area contributed by atoms with E-state index in [1.54, 1.807) is 13.2 Å². The van der Waals surface area contributed by atoms with E-state index in [1.807, 2.05) is 28.8 Å². The van der Waals surface area contributed by atoms with E-state index in [0.717, 1.165) is 23.7 Å². The number of fused-ring (bicyclic) bond motifs is 1. The Morgan fingerprint density at radius 3 is 2.74 bits per heavy atom. The summed E-state index contributed by atoms with van der Waals surface area (Å²) < 4.78 is 7.76. The van der Waals surface area contributed by atoms with E-state index in [2.05, 4.69) is 51.6 Å². The number of halogens is 1. The van der Waals surface area contributed by atoms with Crippen LogP contribution >= 0.6 is 24.0 Å². The number of pyridine rings is 1. The number of hydrogen-bond acceptors (Lipinski definition) is 5. The first-order chi connectivity index (χ1) is 12.5. The minimum atomic E-state index is -0.0494. The first-order valence-corrected chi connectivity index (χ1v) is 8.66. The highest BCUT2D eigenvalue weighted by molar-refractivity contribution is 14.0. The van der Waals surface area contributed by atoms with Crippen LogP contribution in [0.15, 0.2) is 40.0 Å². The predicted molar refractivity (Wildman–Crippen MR) is 116 cm³/mol. The first kappa shape index (κ1) is 21.1. The van der Waals surface area contributed by atoms with Gasteiger partial charge in [0.15, 0.2) is 11.6 Å². The van der Waals surface area contributed by atoms with Crippen molar-refractivity contribution in [3.05, 3.63) is 48.1 Å². The Morgan fingerprint density at radius 1 is 1.22 bits per heavy atom. The molecule has 0 fully saturated rings. The summed E-state index contributed by atoms with van der Waals surface area (Å²) in [4.78, 5) is 8.53. The SMILES string of the molecule is CN=C(NCCc1nnc2ccccn12)NCc1ncc(C(C)(C)C)o1.I. The van der Waals surface area contributed by atoms with Crippen molar-refractivity contribution in [1.29, 1.82) is 0 Å². The van der Waals surface area contributed by atoms with Gasteiger partial charge < -0.3 is 15.1 Å². The molecule has 8 nitrogen and oxygen atoms in total. The zero-order chi connectivity index (χ0) is 18.6. The van der Waals surface area contributed by atoms with Crippen LogP contribution in [0.25, 0.3) is 5.65 Å². The number of nitrogens with zero attached hydrogens (tertiary/aromatic N) is 5. The molecule has 146 valence electrons. The molecule has 0 amide bonds. The summed E-state index contributed by atoms with van der Waals surface area (Å²) in [5.41, 5.74) is 0.801. The second-order valence-electron chi connectivity index (χ2n) is 7.02. The summed E-state index contributed by atoms with van der Waals surface area (Å²) in [5, 5.41) is 14.9. The van der Waals surface area contributed by atoms with Crippen LogP contribution in [0.3, 0.4) is 0 Å². The van der Waals surface area contributed by atoms with Gasteiger partial charge >= 0.3 is 0 Å². The molecule has 3 rings (SSSR count). The number of oxazole rings is 1. The number of guanidine groups is 1. The van der Waals surface area contributed by atoms with E-state index in [0.29, 0.717) is 24.9 Å². The van der Waals surface area contributed by atoms with Gasteiger partial charge in [0.05, 0.1) is 12.7 Å². The third-order valence-corrected chi connectivity index (χ3v) is 3.95. The van der Waals surface area contributed by atoms with Crippen LogP contribution in [0.2, 0.25) is 0 Å². The maximum Gasteiger partial charge on any atom is 0.213 e. The smallest absolute Gasteiger partial charge is 0.213 e. The minimum Gasteiger partial charge on any atom is -0.443 e. The van der Waals surface area contributed by atoms with Crippen molar-refractivity contribution >= 4 is 35.6 Å². The second kappa shape index (κ2) is 9.16. The zero-order valence-electron chi connectivity index (χ0n) is 16.1. The van der Waals surface area contributed by atoms with Gasteiger partial charge in [-0.1, -0.05) is 26.8 Å². The van der Waals surface area contributed by atoms with Gasteiger partial charge in [0, 0.05) is 31.6 Å². The highest BCUT2D eigenvalue weighted by Gasteiger charge is 2.19. The third kappa shape index (κ3) is 5.41. The molecule has 3 aromatic heterocycles. The molecule has 9 heteroatoms. The van der Waals surface area contributed by atoms with Crippen molar-refractivity contribution in [3.8, 4) is 0 Å². The largest absolute Gasteiger partial charge is 0.443 e. The monoisotopic (exact) mass is 483 g/mol. The first-order valence-electron chi connectivity index (χ1n) is 8.66. The number of aromatic nitrogens is 4. The van der Waals surface area contributed by atoms with Crippen LogP contribution in [0.1, 0.15) is 38.2 Å². The molecule has 27 heavy (non-hydrogen) atoms. The molecule has 0 bridgehead atoms. The van der Waals surface area contributed by atoms with Gasteiger partial charge in [-0.25, -0.2) is 4.98 Å². The molecule has 0 aliphatic rings. The van der Waals surface area contributed by atoms with Crippen LogP contribution in [-0.4, -0.2) is 39.1 Å². The van der Waals surface area contributed by atoms with Crippen LogP contribution in [-0.2, 0) is 18.4 Å². The highest BCUT2D eigenvalue weighted by Crippen LogP contribution is 2.22. The summed E-state index contributed by atoms with van der Waals surface area (Å²) in [7, 11) is 1.73. The van der Waals surface area contributed by atoms with E-state index in [9.17, 15) is 0 Å². The van der Waals surface area contributed by atoms with Crippen LogP contribution in [0.5, 0.6) is 0 Å². The molecule has 0 spiro atoms. The lowest BCUT2D eigenvalue weighted by atomic mass is 9.94. The zero-order valence-corrected chi connectivity index (χ0v) is 18.4. The third-order valence-electron chi connectivity index (χ3n) is 3.95. The Labute approximate surface area is 175 Å². The number of rotatable bonds is 5. The topological polar surface area (TPSA) is 92.6 Å². The van der Waals surface area contributed by atoms with Crippen molar-refractivity contribution in [2.24, 2.45) is 4.99 Å². The normalized spacial score (nSPS) is 12.1. The van der Waals surface area contributed by atoms with E-state index < -0.39 is 0 Å². The predicted octanol–water partition coefficient (Wildman–Crippen LogP) is 2.54. The number of aliphatic imine (C=N–C) groups is 1. The van der Waals surface area contributed by atoms with Crippen LogP contribution in [0.4, 0.5) is 0 Å². The molecule has 0 aliphatic heterocycles. The number of hydrogen-bond donors (Lipinski definition) is 2. The average Bonchev–Trinajstić information content (AvgIpc) is 3.25. The van der Waals surface area contributed by atoms with E-state index in [-0.39, 0.29) is 29.4 Å². The molecular weight excluding hydrogens is 457 g/mol. The quantitative estimate of drug-likeness (QED) is 0.329. The molecule has 0 radical (unpaired) electrons. The Bertz CT molecular complexity index is 894. The van der Waals surface area contributed by atoms with Gasteiger partial charge in [0.1, 0.15) is 11.6 Å². The summed E-state index contributed by atoms with van der Waals surface area (Å²) >= 11 is 0. The van der Waals surface area contributed by atoms with Crippen molar-refractivity contribution < 1.29 is 4.42 Å². The molecule has 3 heterocycles. The lowest BCUT2D eigenvalue weighted by Gasteiger charge is -2.13. The van der Waals surface area contributed by atoms with Crippen molar-refractivity contribution in [2.75, 3.05) is 13.6 Å². The molecular formula is C18H26IN7O. The molecule has 0 unspecified atom stereocenters. The lowest BCUT2D eigenvalue weighted by molar-refractivity contribution is 0.379. The molecule has 0 saturated carbocycles. The van der Waals surface area contributed by atoms with Gasteiger partial charge in [0.2, 0.25) is 5.89 Å². The van der Waals surface area contributed by atoms with E-state index in [4.69, 9.17) is 4.42 Å². The second-order valence-corrected chi connectivity index (χ2v) is 7.02. The Hall–Kier alpha value is -2.17. The summed E-state index contributed by atoms with van der Waals surface area (Å²) in [6.45, 7) is 7.45. The molecule has 3 aromatic rings. The van der Waals surface area contributed by atoms with Crippen LogP contribution in [0, 0.1) is 0 Å². The Balaban J connectivity index is 0.00000261. The molecule has 0 aliphatic carbocycles. The Morgan fingerprint density at radius 2 is 2.04 bits per heavy atom. The number of nitrogens with one attached hydrogen (secondary N) is 2. The fraction of sp³-hybridized carbons (Fsp3) is 0.444. The van der Waals surface area contributed by atoms with Crippen molar-refractivity contribution in [1.82, 2.24) is 30.2 Å². The minimum absolute atomic E-state index is 0. The summed E-state index contributed by atoms with van der Waals surface area (Å²) in [5.74, 6) is 3.11. The maximum absolute atomic E-state index is 5.78. The van der Waals surface area contributed by atoms with Gasteiger partial charge in [-0.3, -0.25) is 9.39 Å². The maximum atomic E-state index is 5.78. The standard InChI is InChI=1S/C18H25N7O.HI/c1-18(2,3)13-11-21-16(26-13)12-22-17(19-4)20-9-8-15-24-23-14-7-5-6-10-25(14)15;/h5-7,10-11H,8-9,12H2,1-4H3,(H2,19,20,22);1H. The van der Waals surface area contributed by atoms with Crippen molar-refractivity contribution in [3.63, 3.8) is 0 Å².